The number of nitrogens with zero attached hydrogens (tertiary/aromatic N) is 2. The molecule has 8 nitrogen and oxygen atoms in total. The van der Waals surface area contributed by atoms with Crippen molar-refractivity contribution in [3.8, 4) is 0 Å². The molecule has 0 aromatic rings. The Morgan fingerprint density at radius 3 is 2.55 bits per heavy atom. The Kier molecular flexibility index (Phi) is 4.31. The van der Waals surface area contributed by atoms with Gasteiger partial charge in [0, 0.05) is 6.20 Å². The molecule has 0 aromatic heterocycles. The second kappa shape index (κ2) is 5.66. The predicted molar refractivity (Wildman–Crippen MR) is 70.4 cm³/mol. The van der Waals surface area contributed by atoms with Gasteiger partial charge in [0.05, 0.1) is 12.1 Å². The Hall–Kier alpha value is -1.19. The minimum atomic E-state index is -1.21. The van der Waals surface area contributed by atoms with Gasteiger partial charge in [0.1, 0.15) is 24.1 Å². The minimum absolute atomic E-state index is 0.159. The van der Waals surface area contributed by atoms with Gasteiger partial charge in [-0.2, -0.15) is 0 Å². The summed E-state index contributed by atoms with van der Waals surface area (Å²) in [6.07, 6.45) is -3.20. The van der Waals surface area contributed by atoms with E-state index in [9.17, 15) is 20.4 Å². The Morgan fingerprint density at radius 2 is 2.00 bits per heavy atom. The summed E-state index contributed by atoms with van der Waals surface area (Å²) in [4.78, 5) is 5.38. The van der Waals surface area contributed by atoms with Crippen molar-refractivity contribution in [3.63, 3.8) is 0 Å². The summed E-state index contributed by atoms with van der Waals surface area (Å²) in [5.41, 5.74) is 5.57. The van der Waals surface area contributed by atoms with Crippen LogP contribution in [0, 0.1) is 0 Å². The van der Waals surface area contributed by atoms with Crippen LogP contribution in [-0.2, 0) is 4.74 Å². The topological polar surface area (TPSA) is 132 Å². The van der Waals surface area contributed by atoms with Gasteiger partial charge in [0.2, 0.25) is 0 Å². The average molecular weight is 287 g/mol. The third-order valence-corrected chi connectivity index (χ3v) is 3.65. The summed E-state index contributed by atoms with van der Waals surface area (Å²) >= 11 is 0. The van der Waals surface area contributed by atoms with Crippen LogP contribution in [-0.4, -0.2) is 74.1 Å². The molecule has 0 aliphatic carbocycles. The Bertz CT molecular complexity index is 414. The number of rotatable bonds is 2. The number of hydrogen-bond acceptors (Lipinski definition) is 8. The number of nitrogens with two attached hydrogens (primary N) is 1. The van der Waals surface area contributed by atoms with Gasteiger partial charge in [-0.15, -0.1) is 0 Å². The second-order valence-corrected chi connectivity index (χ2v) is 5.18. The van der Waals surface area contributed by atoms with Crippen LogP contribution in [0.5, 0.6) is 0 Å². The lowest BCUT2D eigenvalue weighted by Crippen LogP contribution is -2.48. The molecule has 0 spiro atoms. The number of ether oxygens (including phenoxy) is 1. The fourth-order valence-corrected chi connectivity index (χ4v) is 2.40. The molecule has 0 amide bonds. The van der Waals surface area contributed by atoms with E-state index >= 15 is 0 Å². The number of amidine groups is 1. The van der Waals surface area contributed by atoms with Crippen LogP contribution in [0.25, 0.3) is 0 Å². The van der Waals surface area contributed by atoms with E-state index in [-0.39, 0.29) is 5.84 Å². The fourth-order valence-electron chi connectivity index (χ4n) is 2.40. The van der Waals surface area contributed by atoms with Gasteiger partial charge in [-0.1, -0.05) is 0 Å². The normalized spacial score (nSPS) is 43.3. The molecule has 2 aliphatic heterocycles. The monoisotopic (exact) mass is 287 g/mol. The van der Waals surface area contributed by atoms with Gasteiger partial charge in [-0.25, -0.2) is 4.99 Å². The first-order valence-electron chi connectivity index (χ1n) is 6.49. The largest absolute Gasteiger partial charge is 0.391 e. The zero-order valence-electron chi connectivity index (χ0n) is 11.4. The van der Waals surface area contributed by atoms with Crippen molar-refractivity contribution in [1.29, 1.82) is 0 Å². The SMILES string of the molecule is CC(O)C1OC(N2C=CC(N)=NC(O)C2C)C(O)C1O. The van der Waals surface area contributed by atoms with E-state index in [0.717, 1.165) is 0 Å². The highest BCUT2D eigenvalue weighted by Gasteiger charge is 2.48. The van der Waals surface area contributed by atoms with Crippen molar-refractivity contribution in [2.24, 2.45) is 10.7 Å². The van der Waals surface area contributed by atoms with Crippen molar-refractivity contribution in [1.82, 2.24) is 4.90 Å². The highest BCUT2D eigenvalue weighted by atomic mass is 16.6. The zero-order chi connectivity index (χ0) is 15.0. The molecule has 8 heteroatoms. The lowest BCUT2D eigenvalue weighted by molar-refractivity contribution is -0.116. The molecule has 0 saturated carbocycles. The van der Waals surface area contributed by atoms with Crippen molar-refractivity contribution in [2.75, 3.05) is 0 Å². The highest BCUT2D eigenvalue weighted by molar-refractivity contribution is 5.91. The van der Waals surface area contributed by atoms with Gasteiger partial charge in [-0.3, -0.25) is 0 Å². The Labute approximate surface area is 116 Å². The smallest absolute Gasteiger partial charge is 0.167 e. The van der Waals surface area contributed by atoms with Gasteiger partial charge in [0.25, 0.3) is 0 Å². The first-order chi connectivity index (χ1) is 9.32. The van der Waals surface area contributed by atoms with Crippen LogP contribution in [0.2, 0.25) is 0 Å². The van der Waals surface area contributed by atoms with Crippen LogP contribution in [0.3, 0.4) is 0 Å². The maximum Gasteiger partial charge on any atom is 0.167 e. The van der Waals surface area contributed by atoms with Crippen molar-refractivity contribution < 1.29 is 25.2 Å². The summed E-state index contributed by atoms with van der Waals surface area (Å²) in [5, 5.41) is 39.4. The van der Waals surface area contributed by atoms with Crippen LogP contribution in [0.15, 0.2) is 17.3 Å². The summed E-state index contributed by atoms with van der Waals surface area (Å²) in [5.74, 6) is 0.159. The Balaban J connectivity index is 2.21. The molecule has 6 N–H and O–H groups in total. The lowest BCUT2D eigenvalue weighted by atomic mass is 10.1. The summed E-state index contributed by atoms with van der Waals surface area (Å²) in [6.45, 7) is 3.16. The third kappa shape index (κ3) is 2.65. The molecule has 7 unspecified atom stereocenters. The molecule has 114 valence electrons. The van der Waals surface area contributed by atoms with E-state index < -0.39 is 42.9 Å². The van der Waals surface area contributed by atoms with Gasteiger partial charge in [0.15, 0.2) is 12.5 Å². The third-order valence-electron chi connectivity index (χ3n) is 3.65. The fraction of sp³-hybridized carbons (Fsp3) is 0.750. The molecule has 20 heavy (non-hydrogen) atoms. The van der Waals surface area contributed by atoms with Crippen molar-refractivity contribution in [2.45, 2.75) is 56.8 Å². The Morgan fingerprint density at radius 1 is 1.35 bits per heavy atom. The second-order valence-electron chi connectivity index (χ2n) is 5.18. The molecule has 7 atom stereocenters. The summed E-state index contributed by atoms with van der Waals surface area (Å²) in [6, 6.07) is -0.508. The predicted octanol–water partition coefficient (Wildman–Crippen LogP) is -2.29. The number of hydrogen-bond donors (Lipinski definition) is 5. The minimum Gasteiger partial charge on any atom is -0.391 e. The summed E-state index contributed by atoms with van der Waals surface area (Å²) < 4.78 is 5.52. The standard InChI is InChI=1S/C12H21N3O5/c1-5-11(19)14-7(13)3-4-15(5)12-9(18)8(17)10(20-12)6(2)16/h3-6,8-12,16-19H,1-2H3,(H2,13,14). The number of aliphatic hydroxyl groups excluding tert-OH is 4. The van der Waals surface area contributed by atoms with E-state index in [2.05, 4.69) is 4.99 Å². The molecule has 1 saturated heterocycles. The zero-order valence-corrected chi connectivity index (χ0v) is 11.4. The molecule has 0 aromatic carbocycles. The lowest BCUT2D eigenvalue weighted by Gasteiger charge is -2.34. The number of aliphatic hydroxyl groups is 4. The van der Waals surface area contributed by atoms with Crippen LogP contribution >= 0.6 is 0 Å². The summed E-state index contributed by atoms with van der Waals surface area (Å²) in [7, 11) is 0. The first-order valence-corrected chi connectivity index (χ1v) is 6.49. The maximum absolute atomic E-state index is 10.1. The van der Waals surface area contributed by atoms with E-state index in [1.807, 2.05) is 0 Å². The van der Waals surface area contributed by atoms with Crippen LogP contribution < -0.4 is 5.73 Å². The van der Waals surface area contributed by atoms with Gasteiger partial charge in [-0.05, 0) is 19.9 Å². The molecule has 0 radical (unpaired) electrons. The van der Waals surface area contributed by atoms with Crippen LogP contribution in [0.1, 0.15) is 13.8 Å². The van der Waals surface area contributed by atoms with Gasteiger partial charge < -0.3 is 35.8 Å². The van der Waals surface area contributed by atoms with E-state index in [0.29, 0.717) is 0 Å². The van der Waals surface area contributed by atoms with E-state index in [1.54, 1.807) is 13.1 Å². The maximum atomic E-state index is 10.1. The van der Waals surface area contributed by atoms with E-state index in [1.165, 1.54) is 17.9 Å². The van der Waals surface area contributed by atoms with E-state index in [4.69, 9.17) is 10.5 Å². The average Bonchev–Trinajstić information content (AvgIpc) is 2.60. The first kappa shape index (κ1) is 15.2. The quantitative estimate of drug-likeness (QED) is 0.386. The molecule has 1 fully saturated rings. The van der Waals surface area contributed by atoms with Crippen molar-refractivity contribution >= 4 is 5.84 Å². The highest BCUT2D eigenvalue weighted by Crippen LogP contribution is 2.29. The number of aliphatic imine (C=N–C) groups is 1. The molecule has 2 aliphatic rings. The molecular weight excluding hydrogens is 266 g/mol. The van der Waals surface area contributed by atoms with Crippen molar-refractivity contribution in [3.05, 3.63) is 12.3 Å². The van der Waals surface area contributed by atoms with Gasteiger partial charge >= 0.3 is 0 Å². The molecule has 2 rings (SSSR count). The molecule has 2 heterocycles. The molecule has 0 bridgehead atoms. The van der Waals surface area contributed by atoms with Crippen LogP contribution in [0.4, 0.5) is 0 Å². The molecular formula is C12H21N3O5.